The van der Waals surface area contributed by atoms with Gasteiger partial charge in [-0.3, -0.25) is 9.80 Å². The number of hydrogen-bond acceptors (Lipinski definition) is 11. The molecule has 236 valence electrons. The number of aryl methyl sites for hydroxylation is 1. The third-order valence-electron chi connectivity index (χ3n) is 11.4. The molecular formula is C34H42N8O3. The second-order valence-electron chi connectivity index (χ2n) is 13.9. The molecule has 0 radical (unpaired) electrons. The van der Waals surface area contributed by atoms with Gasteiger partial charge in [0.1, 0.15) is 18.0 Å². The predicted molar refractivity (Wildman–Crippen MR) is 169 cm³/mol. The topological polar surface area (TPSA) is 130 Å². The summed E-state index contributed by atoms with van der Waals surface area (Å²) in [5.41, 5.74) is 10.9. The van der Waals surface area contributed by atoms with E-state index in [-0.39, 0.29) is 11.6 Å². The second kappa shape index (κ2) is 10.7. The van der Waals surface area contributed by atoms with E-state index in [1.807, 2.05) is 12.1 Å². The van der Waals surface area contributed by atoms with Crippen molar-refractivity contribution in [2.75, 3.05) is 64.1 Å². The Bertz CT molecular complexity index is 1680. The number of nitrogen functional groups attached to an aromatic ring is 1. The number of nitriles is 1. The third-order valence-corrected chi connectivity index (χ3v) is 11.4. The molecule has 3 unspecified atom stereocenters. The van der Waals surface area contributed by atoms with Crippen LogP contribution >= 0.6 is 0 Å². The molecule has 3 aliphatic heterocycles. The SMILES string of the molecule is CC(Oc1cc(N2CCN(C)C3(COC3)C2)nc(-c2noc3c2CCCC32CCc3ccc(N)c(C#N)c32)n1)C1CCCN1C. The molecule has 2 spiro atoms. The minimum absolute atomic E-state index is 0.000169. The maximum absolute atomic E-state index is 10.1. The van der Waals surface area contributed by atoms with Gasteiger partial charge >= 0.3 is 0 Å². The minimum Gasteiger partial charge on any atom is -0.473 e. The first kappa shape index (κ1) is 28.7. The zero-order chi connectivity index (χ0) is 30.9. The molecule has 5 heterocycles. The van der Waals surface area contributed by atoms with E-state index in [4.69, 9.17) is 29.7 Å². The van der Waals surface area contributed by atoms with E-state index in [9.17, 15) is 5.26 Å². The number of aromatic nitrogens is 3. The lowest BCUT2D eigenvalue weighted by Gasteiger charge is -2.54. The van der Waals surface area contributed by atoms with Crippen molar-refractivity contribution in [1.29, 1.82) is 5.26 Å². The Balaban J connectivity index is 1.21. The highest BCUT2D eigenvalue weighted by molar-refractivity contribution is 5.68. The van der Waals surface area contributed by atoms with Crippen LogP contribution in [0.3, 0.4) is 0 Å². The number of likely N-dealkylation sites (tertiary alicyclic amines) is 1. The molecule has 45 heavy (non-hydrogen) atoms. The third kappa shape index (κ3) is 4.44. The van der Waals surface area contributed by atoms with Gasteiger partial charge < -0.3 is 24.6 Å². The summed E-state index contributed by atoms with van der Waals surface area (Å²) in [5, 5.41) is 14.8. The fourth-order valence-corrected chi connectivity index (χ4v) is 8.71. The van der Waals surface area contributed by atoms with Crippen LogP contribution in [0.25, 0.3) is 11.5 Å². The Hall–Kier alpha value is -3.72. The largest absolute Gasteiger partial charge is 0.473 e. The molecule has 3 aromatic rings. The number of fused-ring (bicyclic) bond motifs is 4. The van der Waals surface area contributed by atoms with Gasteiger partial charge in [0.2, 0.25) is 5.88 Å². The first-order valence-corrected chi connectivity index (χ1v) is 16.4. The molecule has 3 saturated heterocycles. The molecule has 11 nitrogen and oxygen atoms in total. The molecule has 2 aliphatic carbocycles. The van der Waals surface area contributed by atoms with Gasteiger partial charge in [-0.05, 0) is 89.7 Å². The Kier molecular flexibility index (Phi) is 6.82. The average molecular weight is 611 g/mol. The Morgan fingerprint density at radius 1 is 1.11 bits per heavy atom. The summed E-state index contributed by atoms with van der Waals surface area (Å²) < 4.78 is 18.6. The number of anilines is 2. The number of piperazine rings is 1. The summed E-state index contributed by atoms with van der Waals surface area (Å²) in [7, 11) is 4.35. The van der Waals surface area contributed by atoms with Crippen LogP contribution in [-0.2, 0) is 23.0 Å². The molecule has 1 aromatic carbocycles. The van der Waals surface area contributed by atoms with Crippen molar-refractivity contribution in [3.05, 3.63) is 46.2 Å². The van der Waals surface area contributed by atoms with Crippen LogP contribution in [0.5, 0.6) is 5.88 Å². The van der Waals surface area contributed by atoms with Gasteiger partial charge in [-0.2, -0.15) is 10.2 Å². The fourth-order valence-electron chi connectivity index (χ4n) is 8.71. The van der Waals surface area contributed by atoms with Crippen molar-refractivity contribution in [2.24, 2.45) is 0 Å². The molecular weight excluding hydrogens is 568 g/mol. The predicted octanol–water partition coefficient (Wildman–Crippen LogP) is 3.54. The van der Waals surface area contributed by atoms with Gasteiger partial charge in [-0.25, -0.2) is 4.98 Å². The van der Waals surface area contributed by atoms with Gasteiger partial charge in [0.15, 0.2) is 17.3 Å². The number of nitrogens with two attached hydrogens (primary N) is 1. The lowest BCUT2D eigenvalue weighted by atomic mass is 9.68. The van der Waals surface area contributed by atoms with Crippen LogP contribution in [0.2, 0.25) is 0 Å². The highest BCUT2D eigenvalue weighted by Gasteiger charge is 2.50. The first-order valence-electron chi connectivity index (χ1n) is 16.4. The second-order valence-corrected chi connectivity index (χ2v) is 13.9. The van der Waals surface area contributed by atoms with E-state index in [2.05, 4.69) is 53.0 Å². The summed E-state index contributed by atoms with van der Waals surface area (Å²) in [6, 6.07) is 8.67. The number of likely N-dealkylation sites (N-methyl/N-ethyl adjacent to an activating group) is 2. The van der Waals surface area contributed by atoms with Crippen LogP contribution in [0.4, 0.5) is 11.5 Å². The maximum atomic E-state index is 10.1. The van der Waals surface area contributed by atoms with Gasteiger partial charge in [0.05, 0.1) is 29.7 Å². The zero-order valence-electron chi connectivity index (χ0n) is 26.5. The van der Waals surface area contributed by atoms with E-state index in [1.54, 1.807) is 0 Å². The van der Waals surface area contributed by atoms with Crippen LogP contribution < -0.4 is 15.4 Å². The summed E-state index contributed by atoms with van der Waals surface area (Å²) in [6.45, 7) is 7.28. The first-order chi connectivity index (χ1) is 21.8. The number of nitrogens with zero attached hydrogens (tertiary/aromatic N) is 7. The Morgan fingerprint density at radius 3 is 2.73 bits per heavy atom. The standard InChI is InChI=1S/C34H42N8O3/c1-21(26-7-5-13-40(26)2)44-28-16-27(42-15-14-41(3)33(18-42)19-43-20-33)37-32(38-28)30-23-6-4-11-34(31(23)45-39-30)12-10-22-8-9-25(36)24(17-35)29(22)34/h8-9,16,21,26H,4-7,10-15,18-20,36H2,1-3H3. The van der Waals surface area contributed by atoms with Crippen molar-refractivity contribution < 1.29 is 14.0 Å². The molecule has 3 atom stereocenters. The molecule has 3 fully saturated rings. The van der Waals surface area contributed by atoms with E-state index in [1.165, 1.54) is 12.0 Å². The molecule has 2 aromatic heterocycles. The maximum Gasteiger partial charge on any atom is 0.219 e. The molecule has 0 amide bonds. The van der Waals surface area contributed by atoms with Gasteiger partial charge in [-0.15, -0.1) is 0 Å². The fraction of sp³-hybridized carbons (Fsp3) is 0.588. The number of benzene rings is 1. The number of hydrogen-bond donors (Lipinski definition) is 1. The Morgan fingerprint density at radius 2 is 1.98 bits per heavy atom. The Labute approximate surface area is 264 Å². The monoisotopic (exact) mass is 610 g/mol. The molecule has 11 heteroatoms. The normalized spacial score (nSPS) is 26.4. The highest BCUT2D eigenvalue weighted by atomic mass is 16.5. The van der Waals surface area contributed by atoms with Crippen LogP contribution in [0.15, 0.2) is 22.7 Å². The van der Waals surface area contributed by atoms with Gasteiger partial charge in [-0.1, -0.05) is 11.2 Å². The average Bonchev–Trinajstić information content (AvgIpc) is 3.75. The smallest absolute Gasteiger partial charge is 0.219 e. The zero-order valence-corrected chi connectivity index (χ0v) is 26.5. The minimum atomic E-state index is -0.415. The van der Waals surface area contributed by atoms with Gasteiger partial charge in [0, 0.05) is 43.0 Å². The summed E-state index contributed by atoms with van der Waals surface area (Å²) in [6.07, 6.45) is 6.68. The van der Waals surface area contributed by atoms with E-state index < -0.39 is 5.41 Å². The molecule has 2 N–H and O–H groups in total. The van der Waals surface area contributed by atoms with Crippen molar-refractivity contribution in [2.45, 2.75) is 75.0 Å². The van der Waals surface area contributed by atoms with Gasteiger partial charge in [0.25, 0.3) is 0 Å². The van der Waals surface area contributed by atoms with E-state index in [0.29, 0.717) is 34.7 Å². The van der Waals surface area contributed by atoms with Crippen molar-refractivity contribution in [3.8, 4) is 23.5 Å². The highest BCUT2D eigenvalue weighted by Crippen LogP contribution is 2.54. The van der Waals surface area contributed by atoms with Crippen molar-refractivity contribution >= 4 is 11.5 Å². The molecule has 0 bridgehead atoms. The van der Waals surface area contributed by atoms with Crippen LogP contribution in [0, 0.1) is 11.3 Å². The molecule has 0 saturated carbocycles. The van der Waals surface area contributed by atoms with E-state index >= 15 is 0 Å². The number of ether oxygens (including phenoxy) is 2. The van der Waals surface area contributed by atoms with Crippen LogP contribution in [0.1, 0.15) is 67.0 Å². The lowest BCUT2D eigenvalue weighted by molar-refractivity contribution is -0.134. The quantitative estimate of drug-likeness (QED) is 0.426. The van der Waals surface area contributed by atoms with Crippen LogP contribution in [-0.4, -0.2) is 96.1 Å². The van der Waals surface area contributed by atoms with Crippen molar-refractivity contribution in [3.63, 3.8) is 0 Å². The lowest BCUT2D eigenvalue weighted by Crippen LogP contribution is -2.70. The molecule has 5 aliphatic rings. The molecule has 8 rings (SSSR count). The summed E-state index contributed by atoms with van der Waals surface area (Å²) in [4.78, 5) is 17.3. The van der Waals surface area contributed by atoms with E-state index in [0.717, 1.165) is 101 Å². The van der Waals surface area contributed by atoms with Crippen molar-refractivity contribution in [1.82, 2.24) is 24.9 Å². The summed E-state index contributed by atoms with van der Waals surface area (Å²) in [5.74, 6) is 2.77. The summed E-state index contributed by atoms with van der Waals surface area (Å²) >= 11 is 0. The number of rotatable bonds is 5.